The van der Waals surface area contributed by atoms with E-state index in [1.54, 1.807) is 35.8 Å². The van der Waals surface area contributed by atoms with Gasteiger partial charge in [0.25, 0.3) is 11.6 Å². The SMILES string of the molecule is Cc1ccc(C)c(NC(=O)c2c(N=Cc3ccc(-c4ccc([N+](=O)[O-])cc4)o3)sc3c2CCCCCC3)c1. The van der Waals surface area contributed by atoms with Crippen LogP contribution in [0.4, 0.5) is 16.4 Å². The molecular formula is C30H29N3O4S. The number of fused-ring (bicyclic) bond motifs is 1. The number of aryl methyl sites for hydroxylation is 3. The molecule has 0 atom stereocenters. The van der Waals surface area contributed by atoms with E-state index in [2.05, 4.69) is 5.32 Å². The van der Waals surface area contributed by atoms with Gasteiger partial charge in [0.2, 0.25) is 0 Å². The first-order valence-corrected chi connectivity index (χ1v) is 13.6. The summed E-state index contributed by atoms with van der Waals surface area (Å²) in [5.74, 6) is 1.00. The van der Waals surface area contributed by atoms with Crippen molar-refractivity contribution in [2.24, 2.45) is 4.99 Å². The van der Waals surface area contributed by atoms with E-state index in [9.17, 15) is 14.9 Å². The molecule has 7 nitrogen and oxygen atoms in total. The summed E-state index contributed by atoms with van der Waals surface area (Å²) in [6, 6.07) is 15.9. The Kier molecular flexibility index (Phi) is 7.51. The molecular weight excluding hydrogens is 498 g/mol. The lowest BCUT2D eigenvalue weighted by Gasteiger charge is -2.13. The Bertz CT molecular complexity index is 1510. The third kappa shape index (κ3) is 5.60. The zero-order valence-electron chi connectivity index (χ0n) is 21.5. The number of nitrogens with one attached hydrogen (secondary N) is 1. The fraction of sp³-hybridized carbons (Fsp3) is 0.267. The molecule has 1 aliphatic rings. The number of thiophene rings is 1. The van der Waals surface area contributed by atoms with Gasteiger partial charge in [-0.2, -0.15) is 0 Å². The number of nitro groups is 1. The largest absolute Gasteiger partial charge is 0.455 e. The van der Waals surface area contributed by atoms with E-state index < -0.39 is 4.92 Å². The summed E-state index contributed by atoms with van der Waals surface area (Å²) < 4.78 is 5.94. The topological polar surface area (TPSA) is 97.7 Å². The van der Waals surface area contributed by atoms with Gasteiger partial charge >= 0.3 is 0 Å². The number of non-ortho nitro benzene ring substituents is 1. The third-order valence-electron chi connectivity index (χ3n) is 6.82. The molecule has 2 aromatic heterocycles. The second kappa shape index (κ2) is 11.1. The lowest BCUT2D eigenvalue weighted by atomic mass is 9.96. The maximum Gasteiger partial charge on any atom is 0.269 e. The molecule has 38 heavy (non-hydrogen) atoms. The maximum atomic E-state index is 13.7. The molecule has 0 saturated carbocycles. The Morgan fingerprint density at radius 1 is 1.03 bits per heavy atom. The molecule has 1 aliphatic carbocycles. The molecule has 0 aliphatic heterocycles. The molecule has 8 heteroatoms. The lowest BCUT2D eigenvalue weighted by Crippen LogP contribution is -2.15. The number of nitro benzene ring substituents is 1. The zero-order chi connectivity index (χ0) is 26.6. The number of rotatable bonds is 6. The average Bonchev–Trinajstić information content (AvgIpc) is 3.49. The molecule has 0 unspecified atom stereocenters. The van der Waals surface area contributed by atoms with E-state index in [4.69, 9.17) is 9.41 Å². The quantitative estimate of drug-likeness (QED) is 0.155. The normalized spacial score (nSPS) is 13.6. The van der Waals surface area contributed by atoms with Crippen LogP contribution in [0.25, 0.3) is 11.3 Å². The second-order valence-corrected chi connectivity index (χ2v) is 10.7. The van der Waals surface area contributed by atoms with Crippen LogP contribution in [0, 0.1) is 24.0 Å². The van der Waals surface area contributed by atoms with Crippen molar-refractivity contribution in [3.8, 4) is 11.3 Å². The van der Waals surface area contributed by atoms with Crippen LogP contribution in [0.1, 0.15) is 63.4 Å². The molecule has 2 aromatic carbocycles. The number of hydrogen-bond acceptors (Lipinski definition) is 6. The van der Waals surface area contributed by atoms with Crippen molar-refractivity contribution in [1.29, 1.82) is 0 Å². The van der Waals surface area contributed by atoms with Crippen molar-refractivity contribution < 1.29 is 14.1 Å². The molecule has 0 radical (unpaired) electrons. The van der Waals surface area contributed by atoms with E-state index >= 15 is 0 Å². The van der Waals surface area contributed by atoms with E-state index in [-0.39, 0.29) is 11.6 Å². The van der Waals surface area contributed by atoms with Crippen LogP contribution in [0.5, 0.6) is 0 Å². The Balaban J connectivity index is 1.45. The Hall–Kier alpha value is -4.04. The minimum Gasteiger partial charge on any atom is -0.455 e. The third-order valence-corrected chi connectivity index (χ3v) is 8.02. The fourth-order valence-electron chi connectivity index (χ4n) is 4.73. The first-order valence-electron chi connectivity index (χ1n) is 12.8. The van der Waals surface area contributed by atoms with Crippen molar-refractivity contribution in [3.05, 3.63) is 97.6 Å². The van der Waals surface area contributed by atoms with Gasteiger partial charge in [0.1, 0.15) is 16.5 Å². The molecule has 0 bridgehead atoms. The van der Waals surface area contributed by atoms with Gasteiger partial charge < -0.3 is 9.73 Å². The van der Waals surface area contributed by atoms with Gasteiger partial charge in [-0.1, -0.05) is 25.0 Å². The van der Waals surface area contributed by atoms with Crippen molar-refractivity contribution in [2.45, 2.75) is 52.4 Å². The van der Waals surface area contributed by atoms with E-state index in [0.29, 0.717) is 22.1 Å². The van der Waals surface area contributed by atoms with Crippen LogP contribution >= 0.6 is 11.3 Å². The number of anilines is 1. The van der Waals surface area contributed by atoms with Crippen molar-refractivity contribution in [1.82, 2.24) is 0 Å². The summed E-state index contributed by atoms with van der Waals surface area (Å²) in [6.07, 6.45) is 8.04. The van der Waals surface area contributed by atoms with Gasteiger partial charge in [0.15, 0.2) is 0 Å². The minimum absolute atomic E-state index is 0.0296. The highest BCUT2D eigenvalue weighted by Gasteiger charge is 2.24. The standard InChI is InChI=1S/C30H29N3O4S/c1-19-9-10-20(2)25(17-19)32-29(34)28-24-7-5-3-4-6-8-27(24)38-30(28)31-18-23-15-16-26(37-23)21-11-13-22(14-12-21)33(35)36/h9-18H,3-8H2,1-2H3,(H,32,34). The first kappa shape index (κ1) is 25.6. The zero-order valence-corrected chi connectivity index (χ0v) is 22.3. The first-order chi connectivity index (χ1) is 18.4. The second-order valence-electron chi connectivity index (χ2n) is 9.63. The number of amides is 1. The van der Waals surface area contributed by atoms with E-state index in [0.717, 1.165) is 53.6 Å². The number of nitrogens with zero attached hydrogens (tertiary/aromatic N) is 2. The molecule has 4 aromatic rings. The van der Waals surface area contributed by atoms with Crippen molar-refractivity contribution >= 4 is 39.8 Å². The Morgan fingerprint density at radius 2 is 1.79 bits per heavy atom. The van der Waals surface area contributed by atoms with Gasteiger partial charge in [-0.25, -0.2) is 4.99 Å². The van der Waals surface area contributed by atoms with E-state index in [1.165, 1.54) is 29.9 Å². The number of carbonyl (C=O) groups excluding carboxylic acids is 1. The van der Waals surface area contributed by atoms with Crippen LogP contribution < -0.4 is 5.32 Å². The van der Waals surface area contributed by atoms with Crippen LogP contribution in [0.3, 0.4) is 0 Å². The van der Waals surface area contributed by atoms with Crippen molar-refractivity contribution in [3.63, 3.8) is 0 Å². The van der Waals surface area contributed by atoms with Crippen LogP contribution in [0.15, 0.2) is 64.0 Å². The smallest absolute Gasteiger partial charge is 0.269 e. The van der Waals surface area contributed by atoms with Gasteiger partial charge in [0.05, 0.1) is 16.7 Å². The number of carbonyl (C=O) groups is 1. The predicted octanol–water partition coefficient (Wildman–Crippen LogP) is 8.20. The number of benzene rings is 2. The van der Waals surface area contributed by atoms with E-state index in [1.807, 2.05) is 38.1 Å². The predicted molar refractivity (Wildman–Crippen MR) is 152 cm³/mol. The Labute approximate surface area is 225 Å². The highest BCUT2D eigenvalue weighted by atomic mass is 32.1. The van der Waals surface area contributed by atoms with Crippen LogP contribution in [0.2, 0.25) is 0 Å². The minimum atomic E-state index is -0.428. The number of furan rings is 1. The summed E-state index contributed by atoms with van der Waals surface area (Å²) in [4.78, 5) is 30.1. The summed E-state index contributed by atoms with van der Waals surface area (Å²) >= 11 is 1.59. The van der Waals surface area contributed by atoms with Crippen LogP contribution in [-0.2, 0) is 12.8 Å². The maximum absolute atomic E-state index is 13.7. The molecule has 0 fully saturated rings. The molecule has 1 amide bonds. The summed E-state index contributed by atoms with van der Waals surface area (Å²) in [5, 5.41) is 14.8. The molecule has 194 valence electrons. The highest BCUT2D eigenvalue weighted by molar-refractivity contribution is 7.16. The number of hydrogen-bond donors (Lipinski definition) is 1. The van der Waals surface area contributed by atoms with Crippen LogP contribution in [-0.4, -0.2) is 17.0 Å². The molecule has 1 N–H and O–H groups in total. The number of aliphatic imine (C=N–C) groups is 1. The molecule has 5 rings (SSSR count). The van der Waals surface area contributed by atoms with Gasteiger partial charge in [-0.3, -0.25) is 14.9 Å². The summed E-state index contributed by atoms with van der Waals surface area (Å²) in [5.41, 5.74) is 5.47. The van der Waals surface area contributed by atoms with Gasteiger partial charge in [0, 0.05) is 28.3 Å². The molecule has 0 saturated heterocycles. The average molecular weight is 528 g/mol. The molecule has 0 spiro atoms. The highest BCUT2D eigenvalue weighted by Crippen LogP contribution is 2.39. The van der Waals surface area contributed by atoms with Gasteiger partial charge in [-0.05, 0) is 86.6 Å². The summed E-state index contributed by atoms with van der Waals surface area (Å²) in [7, 11) is 0. The van der Waals surface area contributed by atoms with Gasteiger partial charge in [-0.15, -0.1) is 11.3 Å². The molecule has 2 heterocycles. The summed E-state index contributed by atoms with van der Waals surface area (Å²) in [6.45, 7) is 4.01. The van der Waals surface area contributed by atoms with Crippen molar-refractivity contribution in [2.75, 3.05) is 5.32 Å². The monoisotopic (exact) mass is 527 g/mol. The lowest BCUT2D eigenvalue weighted by molar-refractivity contribution is -0.384. The Morgan fingerprint density at radius 3 is 2.55 bits per heavy atom. The fourth-order valence-corrected chi connectivity index (χ4v) is 5.96.